The van der Waals surface area contributed by atoms with Crippen molar-refractivity contribution in [1.82, 2.24) is 0 Å². The minimum atomic E-state index is -0.406. The smallest absolute Gasteiger partial charge is 0.494 e. The summed E-state index contributed by atoms with van der Waals surface area (Å²) in [6, 6.07) is 27.2. The Bertz CT molecular complexity index is 1650. The number of rotatable bonds is 7. The van der Waals surface area contributed by atoms with E-state index in [0.29, 0.717) is 35.2 Å². The van der Waals surface area contributed by atoms with Crippen molar-refractivity contribution in [3.05, 3.63) is 113 Å². The molecule has 6 rings (SSSR count). The Balaban J connectivity index is 1.26. The van der Waals surface area contributed by atoms with Gasteiger partial charge in [0.15, 0.2) is 0 Å². The Kier molecular flexibility index (Phi) is 7.44. The van der Waals surface area contributed by atoms with E-state index in [2.05, 4.69) is 0 Å². The van der Waals surface area contributed by atoms with Crippen LogP contribution in [-0.2, 0) is 20.7 Å². The maximum Gasteiger partial charge on any atom is 0.494 e. The normalized spacial score (nSPS) is 17.8. The second-order valence-electron chi connectivity index (χ2n) is 11.8. The molecule has 1 fully saturated rings. The zero-order valence-electron chi connectivity index (χ0n) is 25.3. The molecule has 1 unspecified atom stereocenters. The highest BCUT2D eigenvalue weighted by molar-refractivity contribution is 6.62. The average Bonchev–Trinajstić information content (AvgIpc) is 3.24. The number of hydrogen-bond acceptors (Lipinski definition) is 7. The first-order valence-electron chi connectivity index (χ1n) is 14.3. The maximum absolute atomic E-state index is 12.7. The second-order valence-corrected chi connectivity index (χ2v) is 11.8. The molecule has 2 aliphatic rings. The van der Waals surface area contributed by atoms with E-state index in [1.807, 2.05) is 107 Å². The highest BCUT2D eigenvalue weighted by Gasteiger charge is 2.51. The molecule has 1 saturated heterocycles. The lowest BCUT2D eigenvalue weighted by Crippen LogP contribution is -2.41. The van der Waals surface area contributed by atoms with Gasteiger partial charge in [-0.25, -0.2) is 4.79 Å². The number of esters is 1. The van der Waals surface area contributed by atoms with Crippen molar-refractivity contribution in [1.29, 1.82) is 0 Å². The number of fused-ring (bicyclic) bond motifs is 2. The molecule has 2 aliphatic heterocycles. The molecule has 220 valence electrons. The lowest BCUT2D eigenvalue weighted by atomic mass is 9.79. The monoisotopic (exact) mass is 578 g/mol. The van der Waals surface area contributed by atoms with E-state index in [4.69, 9.17) is 28.3 Å². The first-order valence-corrected chi connectivity index (χ1v) is 14.3. The van der Waals surface area contributed by atoms with Gasteiger partial charge in [-0.3, -0.25) is 0 Å². The van der Waals surface area contributed by atoms with Crippen LogP contribution in [0.3, 0.4) is 0 Å². The van der Waals surface area contributed by atoms with Gasteiger partial charge in [-0.15, -0.1) is 0 Å². The molecule has 7 nitrogen and oxygen atoms in total. The minimum Gasteiger partial charge on any atom is -0.497 e. The molecule has 0 amide bonds. The maximum atomic E-state index is 12.7. The zero-order valence-corrected chi connectivity index (χ0v) is 25.3. The predicted molar refractivity (Wildman–Crippen MR) is 165 cm³/mol. The molecule has 0 N–H and O–H groups in total. The third-order valence-electron chi connectivity index (χ3n) is 8.64. The first-order chi connectivity index (χ1) is 20.6. The average molecular weight is 578 g/mol. The Morgan fingerprint density at radius 1 is 0.767 bits per heavy atom. The van der Waals surface area contributed by atoms with Gasteiger partial charge < -0.3 is 28.3 Å². The van der Waals surface area contributed by atoms with Crippen molar-refractivity contribution in [3.8, 4) is 23.0 Å². The SMILES string of the molecule is COC(=O)c1ccccc1C1c2ccc(OC)cc2Oc2cc(OCc3ccc(B4OC(C)(C)C(C)(C)O4)cc3)ccc21. The number of hydrogen-bond donors (Lipinski definition) is 0. The molecule has 0 spiro atoms. The van der Waals surface area contributed by atoms with Crippen molar-refractivity contribution in [3.63, 3.8) is 0 Å². The van der Waals surface area contributed by atoms with Crippen LogP contribution in [0.25, 0.3) is 0 Å². The molecule has 0 saturated carbocycles. The summed E-state index contributed by atoms with van der Waals surface area (Å²) >= 11 is 0. The Hall–Kier alpha value is -4.27. The van der Waals surface area contributed by atoms with Gasteiger partial charge in [-0.1, -0.05) is 54.6 Å². The van der Waals surface area contributed by atoms with Gasteiger partial charge in [-0.2, -0.15) is 0 Å². The standard InChI is InChI=1S/C35H35BO7/c1-34(2)35(3,4)43-36(42-34)23-13-11-22(12-14-23)21-40-25-16-18-29-31(20-25)41-30-19-24(38-5)15-17-28(30)32(29)26-9-7-8-10-27(26)33(37)39-6/h7-20,32H,21H2,1-6H3. The number of ether oxygens (including phenoxy) is 4. The molecule has 4 aromatic carbocycles. The summed E-state index contributed by atoms with van der Waals surface area (Å²) in [5, 5.41) is 0. The van der Waals surface area contributed by atoms with Gasteiger partial charge in [0.25, 0.3) is 0 Å². The summed E-state index contributed by atoms with van der Waals surface area (Å²) in [7, 11) is 2.61. The second kappa shape index (κ2) is 11.1. The van der Waals surface area contributed by atoms with E-state index >= 15 is 0 Å². The van der Waals surface area contributed by atoms with Gasteiger partial charge in [0.05, 0.1) is 31.0 Å². The van der Waals surface area contributed by atoms with Gasteiger partial charge in [0.1, 0.15) is 29.6 Å². The third-order valence-corrected chi connectivity index (χ3v) is 8.64. The summed E-state index contributed by atoms with van der Waals surface area (Å²) in [4.78, 5) is 12.7. The van der Waals surface area contributed by atoms with Crippen LogP contribution in [-0.4, -0.2) is 38.5 Å². The van der Waals surface area contributed by atoms with E-state index in [0.717, 1.165) is 27.7 Å². The fraction of sp³-hybridized carbons (Fsp3) is 0.286. The summed E-state index contributed by atoms with van der Waals surface area (Å²) in [6.45, 7) is 8.57. The highest BCUT2D eigenvalue weighted by atomic mass is 16.7. The minimum absolute atomic E-state index is 0.253. The summed E-state index contributed by atoms with van der Waals surface area (Å²) in [6.07, 6.45) is 0. The molecule has 8 heteroatoms. The largest absolute Gasteiger partial charge is 0.497 e. The van der Waals surface area contributed by atoms with Crippen LogP contribution in [0.5, 0.6) is 23.0 Å². The zero-order chi connectivity index (χ0) is 30.4. The van der Waals surface area contributed by atoms with E-state index in [-0.39, 0.29) is 23.1 Å². The molecule has 0 aromatic heterocycles. The van der Waals surface area contributed by atoms with E-state index in [9.17, 15) is 4.79 Å². The van der Waals surface area contributed by atoms with Crippen LogP contribution in [0.4, 0.5) is 0 Å². The third kappa shape index (κ3) is 5.37. The van der Waals surface area contributed by atoms with Crippen molar-refractivity contribution in [2.24, 2.45) is 0 Å². The molecule has 0 bridgehead atoms. The summed E-state index contributed by atoms with van der Waals surface area (Å²) < 4.78 is 35.5. The van der Waals surface area contributed by atoms with Crippen molar-refractivity contribution in [2.45, 2.75) is 51.4 Å². The quantitative estimate of drug-likeness (QED) is 0.158. The number of carbonyl (C=O) groups is 1. The van der Waals surface area contributed by atoms with Gasteiger partial charge >= 0.3 is 13.1 Å². The number of carbonyl (C=O) groups excluding carboxylic acids is 1. The molecule has 2 heterocycles. The fourth-order valence-corrected chi connectivity index (χ4v) is 5.48. The molecular weight excluding hydrogens is 543 g/mol. The number of methoxy groups -OCH3 is 2. The Labute approximate surface area is 252 Å². The fourth-order valence-electron chi connectivity index (χ4n) is 5.48. The molecular formula is C35H35BO7. The topological polar surface area (TPSA) is 72.5 Å². The van der Waals surface area contributed by atoms with Crippen molar-refractivity contribution >= 4 is 18.6 Å². The van der Waals surface area contributed by atoms with Crippen LogP contribution >= 0.6 is 0 Å². The Morgan fingerprint density at radius 2 is 1.37 bits per heavy atom. The molecule has 4 aromatic rings. The molecule has 0 radical (unpaired) electrons. The van der Waals surface area contributed by atoms with Gasteiger partial charge in [0.2, 0.25) is 0 Å². The van der Waals surface area contributed by atoms with E-state index < -0.39 is 7.12 Å². The molecule has 1 atom stereocenters. The van der Waals surface area contributed by atoms with E-state index in [1.54, 1.807) is 13.2 Å². The van der Waals surface area contributed by atoms with Crippen molar-refractivity contribution < 1.29 is 33.1 Å². The van der Waals surface area contributed by atoms with Gasteiger partial charge in [-0.05, 0) is 62.5 Å². The van der Waals surface area contributed by atoms with Crippen LogP contribution in [0.2, 0.25) is 0 Å². The Morgan fingerprint density at radius 3 is 2.00 bits per heavy atom. The van der Waals surface area contributed by atoms with Crippen molar-refractivity contribution in [2.75, 3.05) is 14.2 Å². The molecule has 0 aliphatic carbocycles. The predicted octanol–water partition coefficient (Wildman–Crippen LogP) is 6.65. The number of benzene rings is 4. The lowest BCUT2D eigenvalue weighted by molar-refractivity contribution is 0.00578. The summed E-state index contributed by atoms with van der Waals surface area (Å²) in [5.41, 5.74) is 4.40. The van der Waals surface area contributed by atoms with Crippen LogP contribution in [0, 0.1) is 0 Å². The summed E-state index contributed by atoms with van der Waals surface area (Å²) in [5.74, 6) is 2.02. The van der Waals surface area contributed by atoms with E-state index in [1.165, 1.54) is 7.11 Å². The van der Waals surface area contributed by atoms with Crippen LogP contribution < -0.4 is 19.7 Å². The highest BCUT2D eigenvalue weighted by Crippen LogP contribution is 2.50. The first kappa shape index (κ1) is 28.8. The van der Waals surface area contributed by atoms with Crippen LogP contribution in [0.15, 0.2) is 84.9 Å². The van der Waals surface area contributed by atoms with Crippen LogP contribution in [0.1, 0.15) is 66.2 Å². The molecule has 43 heavy (non-hydrogen) atoms. The van der Waals surface area contributed by atoms with Gasteiger partial charge in [0, 0.05) is 29.2 Å². The lowest BCUT2D eigenvalue weighted by Gasteiger charge is -2.32.